The molecule has 0 aliphatic heterocycles. The zero-order chi connectivity index (χ0) is 15.7. The molecule has 0 saturated heterocycles. The fraction of sp³-hybridized carbons (Fsp3) is 0.0909. The first-order chi connectivity index (χ1) is 9.79. The number of hydrogen-bond donors (Lipinski definition) is 1. The smallest absolute Gasteiger partial charge is 0.360 e. The van der Waals surface area contributed by atoms with Crippen LogP contribution in [-0.4, -0.2) is 15.8 Å². The van der Waals surface area contributed by atoms with E-state index in [4.69, 9.17) is 4.42 Å². The van der Waals surface area contributed by atoms with Crippen LogP contribution < -0.4 is 10.9 Å². The van der Waals surface area contributed by atoms with Crippen LogP contribution in [-0.2, 0) is 4.79 Å². The van der Waals surface area contributed by atoms with E-state index >= 15 is 0 Å². The van der Waals surface area contributed by atoms with Gasteiger partial charge in [-0.2, -0.15) is 0 Å². The number of nitrogens with one attached hydrogen (secondary N) is 1. The van der Waals surface area contributed by atoms with Crippen LogP contribution in [0.15, 0.2) is 27.4 Å². The van der Waals surface area contributed by atoms with Gasteiger partial charge in [-0.05, 0) is 6.07 Å². The van der Waals surface area contributed by atoms with Gasteiger partial charge >= 0.3 is 11.3 Å². The number of carbonyl (C=O) groups excluding carboxylic acids is 1. The van der Waals surface area contributed by atoms with E-state index in [0.717, 1.165) is 19.1 Å². The Balaban J connectivity index is 2.82. The summed E-state index contributed by atoms with van der Waals surface area (Å²) in [4.78, 5) is 42.6. The Morgan fingerprint density at radius 1 is 1.19 bits per heavy atom. The lowest BCUT2D eigenvalue weighted by molar-refractivity contribution is -0.393. The number of nitrogens with zero attached hydrogens (tertiary/aromatic N) is 2. The molecule has 10 heteroatoms. The molecule has 2 rings (SSSR count). The van der Waals surface area contributed by atoms with E-state index in [1.54, 1.807) is 0 Å². The first kappa shape index (κ1) is 14.1. The normalized spacial score (nSPS) is 10.3. The van der Waals surface area contributed by atoms with Crippen molar-refractivity contribution in [1.29, 1.82) is 0 Å². The van der Waals surface area contributed by atoms with Gasteiger partial charge in [-0.15, -0.1) is 0 Å². The minimum atomic E-state index is -0.991. The zero-order valence-corrected chi connectivity index (χ0v) is 10.5. The molecule has 0 unspecified atom stereocenters. The van der Waals surface area contributed by atoms with Crippen LogP contribution in [0.25, 0.3) is 11.0 Å². The highest BCUT2D eigenvalue weighted by molar-refractivity contribution is 5.93. The van der Waals surface area contributed by atoms with E-state index in [1.807, 2.05) is 0 Å². The molecule has 1 aromatic heterocycles. The number of non-ortho nitro benzene ring substituents is 2. The Morgan fingerprint density at radius 3 is 2.38 bits per heavy atom. The maximum atomic E-state index is 11.6. The first-order valence-electron chi connectivity index (χ1n) is 5.48. The largest absolute Gasteiger partial charge is 0.414 e. The number of anilines is 1. The van der Waals surface area contributed by atoms with Gasteiger partial charge in [0.1, 0.15) is 5.69 Å². The molecule has 0 atom stereocenters. The predicted molar refractivity (Wildman–Crippen MR) is 70.1 cm³/mol. The zero-order valence-electron chi connectivity index (χ0n) is 10.5. The topological polar surface area (TPSA) is 146 Å². The van der Waals surface area contributed by atoms with Gasteiger partial charge in [0.05, 0.1) is 15.9 Å². The van der Waals surface area contributed by atoms with Crippen molar-refractivity contribution in [2.24, 2.45) is 0 Å². The summed E-state index contributed by atoms with van der Waals surface area (Å²) in [6.07, 6.45) is 0. The standard InChI is InChI=1S/C11H7N3O7/c1-5(15)12-8-3-6-2-7(13(17)18)4-9(14(19)20)10(6)21-11(8)16/h2-4H,1H3,(H,12,15). The second-order valence-electron chi connectivity index (χ2n) is 4.03. The molecular weight excluding hydrogens is 286 g/mol. The number of nitro groups is 2. The molecule has 0 spiro atoms. The molecule has 0 aliphatic rings. The van der Waals surface area contributed by atoms with Gasteiger partial charge in [-0.3, -0.25) is 25.0 Å². The van der Waals surface area contributed by atoms with Crippen LogP contribution in [0.1, 0.15) is 6.92 Å². The average molecular weight is 293 g/mol. The molecule has 0 radical (unpaired) electrons. The van der Waals surface area contributed by atoms with E-state index in [-0.39, 0.29) is 11.1 Å². The number of carbonyl (C=O) groups is 1. The molecule has 10 nitrogen and oxygen atoms in total. The molecule has 1 heterocycles. The number of amides is 1. The Morgan fingerprint density at radius 2 is 1.86 bits per heavy atom. The summed E-state index contributed by atoms with van der Waals surface area (Å²) >= 11 is 0. The number of nitro benzene ring substituents is 2. The summed E-state index contributed by atoms with van der Waals surface area (Å²) in [5, 5.41) is 23.8. The van der Waals surface area contributed by atoms with Gasteiger partial charge in [-0.1, -0.05) is 0 Å². The van der Waals surface area contributed by atoms with Crippen molar-refractivity contribution in [3.8, 4) is 0 Å². The molecule has 0 aliphatic carbocycles. The number of fused-ring (bicyclic) bond motifs is 1. The fourth-order valence-corrected chi connectivity index (χ4v) is 1.72. The Bertz CT molecular complexity index is 840. The quantitative estimate of drug-likeness (QED) is 0.513. The van der Waals surface area contributed by atoms with E-state index in [0.29, 0.717) is 6.07 Å². The van der Waals surface area contributed by atoms with E-state index < -0.39 is 38.3 Å². The number of rotatable bonds is 3. The van der Waals surface area contributed by atoms with Gasteiger partial charge in [0.25, 0.3) is 5.69 Å². The summed E-state index contributed by atoms with van der Waals surface area (Å²) in [5.41, 5.74) is -2.88. The summed E-state index contributed by atoms with van der Waals surface area (Å²) in [6.45, 7) is 1.15. The van der Waals surface area contributed by atoms with Crippen LogP contribution in [0.5, 0.6) is 0 Å². The van der Waals surface area contributed by atoms with Crippen molar-refractivity contribution in [3.05, 3.63) is 48.8 Å². The van der Waals surface area contributed by atoms with Gasteiger partial charge in [0.2, 0.25) is 11.5 Å². The number of hydrogen-bond acceptors (Lipinski definition) is 7. The van der Waals surface area contributed by atoms with E-state index in [9.17, 15) is 29.8 Å². The van der Waals surface area contributed by atoms with Crippen molar-refractivity contribution in [2.75, 3.05) is 5.32 Å². The minimum Gasteiger partial charge on any atom is -0.414 e. The van der Waals surface area contributed by atoms with Crippen molar-refractivity contribution < 1.29 is 19.1 Å². The lowest BCUT2D eigenvalue weighted by atomic mass is 10.2. The summed E-state index contributed by atoms with van der Waals surface area (Å²) < 4.78 is 4.79. The Kier molecular flexibility index (Phi) is 3.36. The second-order valence-corrected chi connectivity index (χ2v) is 4.03. The van der Waals surface area contributed by atoms with Crippen LogP contribution in [0.3, 0.4) is 0 Å². The molecule has 0 saturated carbocycles. The molecule has 2 aromatic rings. The van der Waals surface area contributed by atoms with Crippen molar-refractivity contribution in [3.63, 3.8) is 0 Å². The van der Waals surface area contributed by atoms with Crippen LogP contribution >= 0.6 is 0 Å². The first-order valence-corrected chi connectivity index (χ1v) is 5.48. The summed E-state index contributed by atoms with van der Waals surface area (Å²) in [6, 6.07) is 2.79. The fourth-order valence-electron chi connectivity index (χ4n) is 1.72. The van der Waals surface area contributed by atoms with Crippen molar-refractivity contribution in [1.82, 2.24) is 0 Å². The highest BCUT2D eigenvalue weighted by atomic mass is 16.6. The van der Waals surface area contributed by atoms with E-state index in [2.05, 4.69) is 5.32 Å². The minimum absolute atomic E-state index is 0.0424. The van der Waals surface area contributed by atoms with E-state index in [1.165, 1.54) is 0 Å². The summed E-state index contributed by atoms with van der Waals surface area (Å²) in [7, 11) is 0. The van der Waals surface area contributed by atoms with Crippen molar-refractivity contribution >= 4 is 33.9 Å². The number of benzene rings is 1. The lowest BCUT2D eigenvalue weighted by Gasteiger charge is -2.03. The molecule has 0 bridgehead atoms. The maximum Gasteiger partial charge on any atom is 0.360 e. The Hall–Kier alpha value is -3.30. The molecule has 108 valence electrons. The third-order valence-electron chi connectivity index (χ3n) is 2.52. The monoisotopic (exact) mass is 293 g/mol. The molecular formula is C11H7N3O7. The SMILES string of the molecule is CC(=O)Nc1cc2cc([N+](=O)[O-])cc([N+](=O)[O-])c2oc1=O. The average Bonchev–Trinajstić information content (AvgIpc) is 2.37. The molecule has 1 N–H and O–H groups in total. The maximum absolute atomic E-state index is 11.6. The third-order valence-corrected chi connectivity index (χ3v) is 2.52. The molecule has 1 aromatic carbocycles. The van der Waals surface area contributed by atoms with Crippen LogP contribution in [0, 0.1) is 20.2 Å². The van der Waals surface area contributed by atoms with Gasteiger partial charge in [-0.25, -0.2) is 4.79 Å². The van der Waals surface area contributed by atoms with Gasteiger partial charge in [0.15, 0.2) is 0 Å². The predicted octanol–water partition coefficient (Wildman–Crippen LogP) is 1.57. The molecule has 21 heavy (non-hydrogen) atoms. The van der Waals surface area contributed by atoms with Crippen LogP contribution in [0.2, 0.25) is 0 Å². The lowest BCUT2D eigenvalue weighted by Crippen LogP contribution is -2.14. The highest BCUT2D eigenvalue weighted by Crippen LogP contribution is 2.31. The summed E-state index contributed by atoms with van der Waals surface area (Å²) in [5.74, 6) is -0.554. The molecule has 0 fully saturated rings. The molecule has 1 amide bonds. The van der Waals surface area contributed by atoms with Gasteiger partial charge in [0, 0.05) is 18.4 Å². The van der Waals surface area contributed by atoms with Gasteiger partial charge < -0.3 is 9.73 Å². The highest BCUT2D eigenvalue weighted by Gasteiger charge is 2.22. The Labute approximate surface area is 115 Å². The van der Waals surface area contributed by atoms with Crippen molar-refractivity contribution in [2.45, 2.75) is 6.92 Å². The van der Waals surface area contributed by atoms with Crippen LogP contribution in [0.4, 0.5) is 17.1 Å². The third kappa shape index (κ3) is 2.68. The second kappa shape index (κ2) is 5.00.